The summed E-state index contributed by atoms with van der Waals surface area (Å²) in [5.41, 5.74) is 1.71. The fourth-order valence-electron chi connectivity index (χ4n) is 4.32. The summed E-state index contributed by atoms with van der Waals surface area (Å²) >= 11 is 1.77. The molecule has 6 heteroatoms. The Hall–Kier alpha value is -2.44. The molecule has 3 aromatic rings. The van der Waals surface area contributed by atoms with Gasteiger partial charge in [-0.1, -0.05) is 18.2 Å². The summed E-state index contributed by atoms with van der Waals surface area (Å²) in [4.78, 5) is 18.9. The van der Waals surface area contributed by atoms with E-state index in [9.17, 15) is 9.18 Å². The zero-order valence-corrected chi connectivity index (χ0v) is 15.6. The van der Waals surface area contributed by atoms with Crippen LogP contribution in [0.3, 0.4) is 0 Å². The van der Waals surface area contributed by atoms with Crippen LogP contribution in [0.1, 0.15) is 27.0 Å². The number of rotatable bonds is 4. The molecule has 0 aliphatic carbocycles. The molecule has 0 bridgehead atoms. The van der Waals surface area contributed by atoms with E-state index < -0.39 is 0 Å². The molecule has 1 fully saturated rings. The van der Waals surface area contributed by atoms with E-state index in [0.717, 1.165) is 30.9 Å². The Morgan fingerprint density at radius 2 is 1.81 bits per heavy atom. The third-order valence-electron chi connectivity index (χ3n) is 5.58. The molecule has 2 aliphatic rings. The second-order valence-corrected chi connectivity index (χ2v) is 8.30. The number of amides is 1. The number of nitrogens with zero attached hydrogens (tertiary/aromatic N) is 3. The highest BCUT2D eigenvalue weighted by atomic mass is 32.1. The molecule has 1 saturated heterocycles. The van der Waals surface area contributed by atoms with E-state index in [-0.39, 0.29) is 23.8 Å². The van der Waals surface area contributed by atoms with Gasteiger partial charge in [-0.05, 0) is 41.3 Å². The first-order valence-corrected chi connectivity index (χ1v) is 10.0. The van der Waals surface area contributed by atoms with Crippen molar-refractivity contribution in [3.8, 4) is 0 Å². The Morgan fingerprint density at radius 1 is 1.00 bits per heavy atom. The zero-order valence-electron chi connectivity index (χ0n) is 14.8. The molecule has 0 radical (unpaired) electrons. The van der Waals surface area contributed by atoms with E-state index in [1.54, 1.807) is 23.5 Å². The molecule has 27 heavy (non-hydrogen) atoms. The lowest BCUT2D eigenvalue weighted by molar-refractivity contribution is 0.0556. The number of halogens is 1. The molecule has 4 nitrogen and oxygen atoms in total. The zero-order chi connectivity index (χ0) is 18.4. The van der Waals surface area contributed by atoms with Gasteiger partial charge in [0.2, 0.25) is 0 Å². The van der Waals surface area contributed by atoms with Crippen molar-refractivity contribution in [2.75, 3.05) is 13.1 Å². The third-order valence-corrected chi connectivity index (χ3v) is 6.44. The van der Waals surface area contributed by atoms with Gasteiger partial charge < -0.3 is 9.47 Å². The van der Waals surface area contributed by atoms with Crippen LogP contribution in [0.5, 0.6) is 0 Å². The number of likely N-dealkylation sites (tertiary alicyclic amines) is 1. The van der Waals surface area contributed by atoms with Crippen molar-refractivity contribution in [2.24, 2.45) is 0 Å². The summed E-state index contributed by atoms with van der Waals surface area (Å²) in [7, 11) is 0. The average Bonchev–Trinajstić information content (AvgIpc) is 3.40. The van der Waals surface area contributed by atoms with Crippen molar-refractivity contribution in [3.63, 3.8) is 0 Å². The van der Waals surface area contributed by atoms with Crippen LogP contribution in [0.4, 0.5) is 4.39 Å². The topological polar surface area (TPSA) is 28.5 Å². The van der Waals surface area contributed by atoms with Gasteiger partial charge in [-0.2, -0.15) is 0 Å². The van der Waals surface area contributed by atoms with Crippen LogP contribution in [0.2, 0.25) is 0 Å². The molecular formula is C21H20FN3OS. The third kappa shape index (κ3) is 2.99. The predicted molar refractivity (Wildman–Crippen MR) is 103 cm³/mol. The molecular weight excluding hydrogens is 361 g/mol. The van der Waals surface area contributed by atoms with Gasteiger partial charge in [-0.15, -0.1) is 11.3 Å². The number of aromatic nitrogens is 1. The van der Waals surface area contributed by atoms with Gasteiger partial charge in [0.25, 0.3) is 5.91 Å². The van der Waals surface area contributed by atoms with Gasteiger partial charge in [-0.3, -0.25) is 9.69 Å². The van der Waals surface area contributed by atoms with E-state index in [0.29, 0.717) is 6.54 Å². The minimum atomic E-state index is -0.251. The van der Waals surface area contributed by atoms with Crippen molar-refractivity contribution < 1.29 is 9.18 Å². The molecule has 0 saturated carbocycles. The number of hydrogen-bond donors (Lipinski definition) is 0. The van der Waals surface area contributed by atoms with E-state index in [1.165, 1.54) is 17.0 Å². The summed E-state index contributed by atoms with van der Waals surface area (Å²) in [6, 6.07) is 14.9. The molecule has 2 aromatic heterocycles. The lowest BCUT2D eigenvalue weighted by atomic mass is 10.0. The van der Waals surface area contributed by atoms with Crippen LogP contribution in [-0.2, 0) is 13.1 Å². The minimum Gasteiger partial charge on any atom is -0.337 e. The SMILES string of the molecule is O=C1c2cccn2[C@H]2CN(Cc3cccs3)C[C@H]2N1Cc1ccc(F)cc1. The molecule has 0 unspecified atom stereocenters. The molecule has 1 aromatic carbocycles. The van der Waals surface area contributed by atoms with Crippen LogP contribution in [0.15, 0.2) is 60.1 Å². The molecule has 0 N–H and O–H groups in total. The number of fused-ring (bicyclic) bond motifs is 3. The fraction of sp³-hybridized carbons (Fsp3) is 0.286. The van der Waals surface area contributed by atoms with Crippen molar-refractivity contribution in [3.05, 3.63) is 82.1 Å². The summed E-state index contributed by atoms with van der Waals surface area (Å²) in [6.07, 6.45) is 2.02. The number of carbonyl (C=O) groups excluding carboxylic acids is 1. The van der Waals surface area contributed by atoms with Gasteiger partial charge in [0.1, 0.15) is 11.5 Å². The normalized spacial score (nSPS) is 22.1. The molecule has 1 amide bonds. The Balaban J connectivity index is 1.44. The molecule has 0 spiro atoms. The highest BCUT2D eigenvalue weighted by Gasteiger charge is 2.44. The van der Waals surface area contributed by atoms with Crippen molar-refractivity contribution in [1.82, 2.24) is 14.4 Å². The van der Waals surface area contributed by atoms with E-state index in [4.69, 9.17) is 0 Å². The summed E-state index contributed by atoms with van der Waals surface area (Å²) in [5, 5.41) is 2.10. The number of hydrogen-bond acceptors (Lipinski definition) is 3. The van der Waals surface area contributed by atoms with Gasteiger partial charge in [0, 0.05) is 37.3 Å². The first-order valence-electron chi connectivity index (χ1n) is 9.16. The molecule has 5 rings (SSSR count). The Morgan fingerprint density at radius 3 is 2.59 bits per heavy atom. The standard InChI is InChI=1S/C21H20FN3OS/c22-16-7-5-15(6-8-16)11-25-20-14-23(12-17-3-2-10-27-17)13-19(20)24-9-1-4-18(24)21(25)26/h1-10,19-20H,11-14H2/t19-,20+/m0/s1. The minimum absolute atomic E-state index is 0.0588. The molecule has 2 aliphatic heterocycles. The maximum Gasteiger partial charge on any atom is 0.271 e. The smallest absolute Gasteiger partial charge is 0.271 e. The summed E-state index contributed by atoms with van der Waals surface area (Å²) in [5.74, 6) is -0.193. The Labute approximate surface area is 161 Å². The lowest BCUT2D eigenvalue weighted by Crippen LogP contribution is -2.49. The van der Waals surface area contributed by atoms with Gasteiger partial charge in [-0.25, -0.2) is 4.39 Å². The van der Waals surface area contributed by atoms with Crippen LogP contribution >= 0.6 is 11.3 Å². The summed E-state index contributed by atoms with van der Waals surface area (Å²) < 4.78 is 15.4. The largest absolute Gasteiger partial charge is 0.337 e. The Bertz CT molecular complexity index is 950. The maximum atomic E-state index is 13.3. The Kier molecular flexibility index (Phi) is 4.10. The van der Waals surface area contributed by atoms with Gasteiger partial charge in [0.15, 0.2) is 0 Å². The fourth-order valence-corrected chi connectivity index (χ4v) is 5.06. The van der Waals surface area contributed by atoms with E-state index >= 15 is 0 Å². The summed E-state index contributed by atoms with van der Waals surface area (Å²) in [6.45, 7) is 3.21. The molecule has 2 atom stereocenters. The number of carbonyl (C=O) groups is 1. The second-order valence-electron chi connectivity index (χ2n) is 7.27. The van der Waals surface area contributed by atoms with Crippen LogP contribution in [0.25, 0.3) is 0 Å². The van der Waals surface area contributed by atoms with Crippen molar-refractivity contribution >= 4 is 17.2 Å². The molecule has 4 heterocycles. The van der Waals surface area contributed by atoms with E-state index in [1.807, 2.05) is 23.2 Å². The van der Waals surface area contributed by atoms with Crippen LogP contribution < -0.4 is 0 Å². The van der Waals surface area contributed by atoms with Crippen molar-refractivity contribution in [2.45, 2.75) is 25.2 Å². The monoisotopic (exact) mass is 381 g/mol. The highest BCUT2D eigenvalue weighted by Crippen LogP contribution is 2.35. The average molecular weight is 381 g/mol. The number of benzene rings is 1. The van der Waals surface area contributed by atoms with Gasteiger partial charge in [0.05, 0.1) is 12.1 Å². The van der Waals surface area contributed by atoms with Gasteiger partial charge >= 0.3 is 0 Å². The lowest BCUT2D eigenvalue weighted by Gasteiger charge is -2.38. The van der Waals surface area contributed by atoms with E-state index in [2.05, 4.69) is 27.0 Å². The van der Waals surface area contributed by atoms with Crippen LogP contribution in [-0.4, -0.2) is 39.4 Å². The van der Waals surface area contributed by atoms with Crippen molar-refractivity contribution in [1.29, 1.82) is 0 Å². The first kappa shape index (κ1) is 16.7. The maximum absolute atomic E-state index is 13.3. The predicted octanol–water partition coefficient (Wildman–Crippen LogP) is 3.77. The molecule has 138 valence electrons. The number of thiophene rings is 1. The highest BCUT2D eigenvalue weighted by molar-refractivity contribution is 7.09. The second kappa shape index (κ2) is 6.62. The quantitative estimate of drug-likeness (QED) is 0.688. The first-order chi connectivity index (χ1) is 13.2. The van der Waals surface area contributed by atoms with Crippen LogP contribution in [0, 0.1) is 5.82 Å².